The van der Waals surface area contributed by atoms with Crippen molar-refractivity contribution in [3.63, 3.8) is 0 Å². The van der Waals surface area contributed by atoms with Crippen molar-refractivity contribution in [1.29, 1.82) is 5.26 Å². The molecule has 0 radical (unpaired) electrons. The molecule has 6 nitrogen and oxygen atoms in total. The van der Waals surface area contributed by atoms with E-state index in [1.807, 2.05) is 40.8 Å². The Bertz CT molecular complexity index is 882. The van der Waals surface area contributed by atoms with Crippen molar-refractivity contribution in [2.24, 2.45) is 13.0 Å². The number of carbonyl (C=O) groups is 1. The average molecular weight is 363 g/mol. The van der Waals surface area contributed by atoms with Crippen molar-refractivity contribution in [1.82, 2.24) is 19.4 Å². The number of pyridine rings is 1. The smallest absolute Gasteiger partial charge is 0.227 e. The molecule has 0 N–H and O–H groups in total. The van der Waals surface area contributed by atoms with Crippen molar-refractivity contribution in [3.8, 4) is 6.07 Å². The van der Waals surface area contributed by atoms with Crippen molar-refractivity contribution in [2.45, 2.75) is 38.9 Å². The fraction of sp³-hybridized carbons (Fsp3) is 0.476. The largest absolute Gasteiger partial charge is 0.340 e. The summed E-state index contributed by atoms with van der Waals surface area (Å²) in [5, 5.41) is 9.27. The van der Waals surface area contributed by atoms with Gasteiger partial charge < -0.3 is 9.47 Å². The Morgan fingerprint density at radius 3 is 2.81 bits per heavy atom. The number of carbonyl (C=O) groups excluding carboxylic acids is 1. The van der Waals surface area contributed by atoms with Gasteiger partial charge in [0, 0.05) is 44.6 Å². The molecule has 3 aliphatic heterocycles. The lowest BCUT2D eigenvalue weighted by atomic mass is 9.94. The van der Waals surface area contributed by atoms with E-state index in [4.69, 9.17) is 0 Å². The van der Waals surface area contributed by atoms with E-state index in [9.17, 15) is 10.1 Å². The van der Waals surface area contributed by atoms with Gasteiger partial charge in [0.1, 0.15) is 11.8 Å². The van der Waals surface area contributed by atoms with Crippen molar-refractivity contribution in [2.75, 3.05) is 13.1 Å². The normalized spacial score (nSPS) is 22.7. The molecular formula is C21H25N5O. The van der Waals surface area contributed by atoms with E-state index in [2.05, 4.69) is 22.9 Å². The standard InChI is InChI=1S/C21H25N5O/c1-15-17(9-20(10-22)24(15)2)12-25-11-16-6-7-19(14-25)26(21(16)27)13-18-5-3-4-8-23-18/h3-5,8-9,16,19H,6-7,11-14H2,1-2H3/t16-,19+/m0/s1. The molecule has 3 aliphatic rings. The summed E-state index contributed by atoms with van der Waals surface area (Å²) >= 11 is 0. The average Bonchev–Trinajstić information content (AvgIpc) is 2.83. The number of amides is 1. The van der Waals surface area contributed by atoms with Gasteiger partial charge in [0.15, 0.2) is 0 Å². The Kier molecular flexibility index (Phi) is 4.71. The van der Waals surface area contributed by atoms with Gasteiger partial charge in [0.25, 0.3) is 0 Å². The first kappa shape index (κ1) is 17.7. The highest BCUT2D eigenvalue weighted by atomic mass is 16.2. The number of rotatable bonds is 4. The lowest BCUT2D eigenvalue weighted by molar-refractivity contribution is -0.140. The minimum atomic E-state index is 0.0620. The number of nitriles is 1. The fourth-order valence-electron chi connectivity index (χ4n) is 4.40. The molecule has 2 aromatic heterocycles. The third-order valence-electron chi connectivity index (χ3n) is 6.08. The van der Waals surface area contributed by atoms with Crippen LogP contribution in [0.15, 0.2) is 30.5 Å². The third-order valence-corrected chi connectivity index (χ3v) is 6.08. The van der Waals surface area contributed by atoms with E-state index in [1.165, 1.54) is 5.56 Å². The minimum absolute atomic E-state index is 0.0620. The highest BCUT2D eigenvalue weighted by Gasteiger charge is 2.40. The molecule has 0 spiro atoms. The van der Waals surface area contributed by atoms with Crippen LogP contribution in [0, 0.1) is 24.2 Å². The van der Waals surface area contributed by atoms with Crippen LogP contribution >= 0.6 is 0 Å². The van der Waals surface area contributed by atoms with Crippen molar-refractivity contribution >= 4 is 5.91 Å². The maximum Gasteiger partial charge on any atom is 0.227 e. The molecule has 1 amide bonds. The first-order valence-electron chi connectivity index (χ1n) is 9.55. The van der Waals surface area contributed by atoms with Gasteiger partial charge in [-0.1, -0.05) is 6.07 Å². The van der Waals surface area contributed by atoms with Crippen molar-refractivity contribution in [3.05, 3.63) is 53.1 Å². The van der Waals surface area contributed by atoms with Crippen LogP contribution in [0.3, 0.4) is 0 Å². The number of aromatic nitrogens is 2. The molecule has 3 saturated heterocycles. The second kappa shape index (κ2) is 7.16. The number of hydrogen-bond acceptors (Lipinski definition) is 4. The molecule has 0 saturated carbocycles. The summed E-state index contributed by atoms with van der Waals surface area (Å²) in [7, 11) is 1.93. The molecule has 6 heteroatoms. The third kappa shape index (κ3) is 3.35. The Labute approximate surface area is 160 Å². The second-order valence-electron chi connectivity index (χ2n) is 7.72. The van der Waals surface area contributed by atoms with E-state index in [0.29, 0.717) is 12.2 Å². The van der Waals surface area contributed by atoms with E-state index in [1.54, 1.807) is 6.20 Å². The molecule has 2 atom stereocenters. The number of piperidine rings is 1. The number of hydrogen-bond donors (Lipinski definition) is 0. The Morgan fingerprint density at radius 1 is 1.26 bits per heavy atom. The zero-order chi connectivity index (χ0) is 19.0. The highest BCUT2D eigenvalue weighted by Crippen LogP contribution is 2.31. The van der Waals surface area contributed by atoms with Gasteiger partial charge in [0.2, 0.25) is 5.91 Å². The molecular weight excluding hydrogens is 338 g/mol. The van der Waals surface area contributed by atoms with Crippen LogP contribution in [0.5, 0.6) is 0 Å². The van der Waals surface area contributed by atoms with Crippen molar-refractivity contribution < 1.29 is 4.79 Å². The van der Waals surface area contributed by atoms with E-state index in [-0.39, 0.29) is 17.9 Å². The summed E-state index contributed by atoms with van der Waals surface area (Å²) in [5.74, 6) is 0.328. The van der Waals surface area contributed by atoms with Crippen LogP contribution in [0.25, 0.3) is 0 Å². The molecule has 0 unspecified atom stereocenters. The number of nitrogens with zero attached hydrogens (tertiary/aromatic N) is 5. The van der Waals surface area contributed by atoms with E-state index in [0.717, 1.165) is 43.9 Å². The summed E-state index contributed by atoms with van der Waals surface area (Å²) in [5.41, 5.74) is 3.94. The van der Waals surface area contributed by atoms with Crippen LogP contribution in [0.1, 0.15) is 35.5 Å². The van der Waals surface area contributed by atoms with Gasteiger partial charge in [-0.3, -0.25) is 14.7 Å². The summed E-state index contributed by atoms with van der Waals surface area (Å²) in [6.45, 7) is 5.12. The van der Waals surface area contributed by atoms with Crippen LogP contribution in [0.2, 0.25) is 0 Å². The minimum Gasteiger partial charge on any atom is -0.340 e. The molecule has 0 aliphatic carbocycles. The summed E-state index contributed by atoms with van der Waals surface area (Å²) in [4.78, 5) is 21.8. The van der Waals surface area contributed by atoms with Gasteiger partial charge in [-0.25, -0.2) is 0 Å². The molecule has 0 aromatic carbocycles. The van der Waals surface area contributed by atoms with Crippen LogP contribution in [0.4, 0.5) is 0 Å². The maximum absolute atomic E-state index is 13.0. The lowest BCUT2D eigenvalue weighted by Crippen LogP contribution is -2.47. The first-order valence-corrected chi connectivity index (χ1v) is 9.55. The molecule has 27 heavy (non-hydrogen) atoms. The van der Waals surface area contributed by atoms with Crippen LogP contribution < -0.4 is 0 Å². The molecule has 2 aromatic rings. The predicted molar refractivity (Wildman–Crippen MR) is 101 cm³/mol. The molecule has 3 fully saturated rings. The SMILES string of the molecule is Cc1c(CN2C[C@@H]3CC[C@H](C2)N(Cc2ccccn2)C3=O)cc(C#N)n1C. The van der Waals surface area contributed by atoms with Crippen LogP contribution in [-0.4, -0.2) is 44.4 Å². The van der Waals surface area contributed by atoms with Gasteiger partial charge >= 0.3 is 0 Å². The molecule has 2 bridgehead atoms. The zero-order valence-electron chi connectivity index (χ0n) is 15.9. The predicted octanol–water partition coefficient (Wildman–Crippen LogP) is 2.22. The summed E-state index contributed by atoms with van der Waals surface area (Å²) < 4.78 is 1.94. The molecule has 5 heterocycles. The lowest BCUT2D eigenvalue weighted by Gasteiger charge is -2.35. The topological polar surface area (TPSA) is 65.2 Å². The monoisotopic (exact) mass is 363 g/mol. The zero-order valence-corrected chi connectivity index (χ0v) is 15.9. The van der Waals surface area contributed by atoms with Crippen LogP contribution in [-0.2, 0) is 24.9 Å². The Morgan fingerprint density at radius 2 is 2.11 bits per heavy atom. The first-order chi connectivity index (χ1) is 13.1. The Balaban J connectivity index is 1.52. The van der Waals surface area contributed by atoms with Gasteiger partial charge in [0.05, 0.1) is 18.2 Å². The fourth-order valence-corrected chi connectivity index (χ4v) is 4.40. The van der Waals surface area contributed by atoms with E-state index >= 15 is 0 Å². The molecule has 140 valence electrons. The number of fused-ring (bicyclic) bond motifs is 4. The second-order valence-corrected chi connectivity index (χ2v) is 7.72. The van der Waals surface area contributed by atoms with Gasteiger partial charge in [-0.2, -0.15) is 5.26 Å². The summed E-state index contributed by atoms with van der Waals surface area (Å²) in [6.07, 6.45) is 3.81. The summed E-state index contributed by atoms with van der Waals surface area (Å²) in [6, 6.07) is 10.3. The van der Waals surface area contributed by atoms with Gasteiger partial charge in [-0.05, 0) is 43.5 Å². The van der Waals surface area contributed by atoms with Gasteiger partial charge in [-0.15, -0.1) is 0 Å². The Hall–Kier alpha value is -2.65. The quantitative estimate of drug-likeness (QED) is 0.835. The highest BCUT2D eigenvalue weighted by molar-refractivity contribution is 5.80. The maximum atomic E-state index is 13.0. The van der Waals surface area contributed by atoms with E-state index < -0.39 is 0 Å². The molecule has 5 rings (SSSR count).